The summed E-state index contributed by atoms with van der Waals surface area (Å²) in [6, 6.07) is 7.20. The van der Waals surface area contributed by atoms with Gasteiger partial charge < -0.3 is 25.6 Å². The predicted octanol–water partition coefficient (Wildman–Crippen LogP) is 3.35. The van der Waals surface area contributed by atoms with Crippen LogP contribution in [-0.4, -0.2) is 29.7 Å². The van der Waals surface area contributed by atoms with Gasteiger partial charge in [0.05, 0.1) is 18.3 Å². The molecule has 150 valence electrons. The fraction of sp³-hybridized carbons (Fsp3) is 0.300. The molecule has 8 heteroatoms. The van der Waals surface area contributed by atoms with E-state index in [1.807, 2.05) is 20.8 Å². The van der Waals surface area contributed by atoms with Crippen molar-refractivity contribution in [3.05, 3.63) is 53.3 Å². The van der Waals surface area contributed by atoms with Crippen LogP contribution >= 0.6 is 0 Å². The Kier molecular flexibility index (Phi) is 6.81. The molecule has 2 aromatic carbocycles. The Hall–Kier alpha value is -3.29. The van der Waals surface area contributed by atoms with Crippen molar-refractivity contribution in [1.29, 1.82) is 0 Å². The third-order valence-electron chi connectivity index (χ3n) is 3.75. The van der Waals surface area contributed by atoms with Crippen LogP contribution in [-0.2, 0) is 4.79 Å². The fourth-order valence-corrected chi connectivity index (χ4v) is 2.58. The molecule has 0 aliphatic rings. The number of carboxylic acids is 1. The minimum atomic E-state index is -1.17. The first-order chi connectivity index (χ1) is 13.2. The quantitative estimate of drug-likeness (QED) is 0.606. The number of ether oxygens (including phenoxy) is 2. The van der Waals surface area contributed by atoms with Gasteiger partial charge >= 0.3 is 5.97 Å². The lowest BCUT2D eigenvalue weighted by atomic mass is 10.0. The standard InChI is InChI=1S/C20H23FN2O5/c1-4-27-17-9-12(5-8-16(17)28-11(2)3)18(20(25)26)23-13-6-7-15(21)14(10-13)19(22)24/h5-11,18,23H,4H2,1-3H3,(H2,22,24)(H,25,26). The normalized spacial score (nSPS) is 11.8. The number of anilines is 1. The number of carbonyl (C=O) groups is 2. The Morgan fingerprint density at radius 1 is 1.18 bits per heavy atom. The number of nitrogens with two attached hydrogens (primary N) is 1. The summed E-state index contributed by atoms with van der Waals surface area (Å²) in [5.74, 6) is -1.97. The van der Waals surface area contributed by atoms with Crippen LogP contribution in [0.3, 0.4) is 0 Å². The Morgan fingerprint density at radius 3 is 2.46 bits per heavy atom. The third kappa shape index (κ3) is 5.12. The number of rotatable bonds is 9. The van der Waals surface area contributed by atoms with E-state index in [0.717, 1.165) is 6.07 Å². The molecule has 2 aromatic rings. The van der Waals surface area contributed by atoms with Crippen molar-refractivity contribution in [2.75, 3.05) is 11.9 Å². The highest BCUT2D eigenvalue weighted by molar-refractivity contribution is 5.94. The van der Waals surface area contributed by atoms with E-state index in [0.29, 0.717) is 23.7 Å². The lowest BCUT2D eigenvalue weighted by Crippen LogP contribution is -2.21. The maximum atomic E-state index is 13.7. The van der Waals surface area contributed by atoms with Gasteiger partial charge in [0.1, 0.15) is 5.82 Å². The molecule has 0 fully saturated rings. The molecule has 0 saturated carbocycles. The highest BCUT2D eigenvalue weighted by Gasteiger charge is 2.22. The van der Waals surface area contributed by atoms with E-state index in [1.165, 1.54) is 12.1 Å². The predicted molar refractivity (Wildman–Crippen MR) is 102 cm³/mol. The molecular weight excluding hydrogens is 367 g/mol. The summed E-state index contributed by atoms with van der Waals surface area (Å²) in [5.41, 5.74) is 5.45. The molecule has 0 aliphatic carbocycles. The highest BCUT2D eigenvalue weighted by atomic mass is 19.1. The monoisotopic (exact) mass is 390 g/mol. The summed E-state index contributed by atoms with van der Waals surface area (Å²) in [4.78, 5) is 23.1. The van der Waals surface area contributed by atoms with E-state index in [4.69, 9.17) is 15.2 Å². The molecule has 0 spiro atoms. The fourth-order valence-electron chi connectivity index (χ4n) is 2.58. The van der Waals surface area contributed by atoms with Crippen LogP contribution in [0.25, 0.3) is 0 Å². The van der Waals surface area contributed by atoms with E-state index < -0.39 is 23.7 Å². The second-order valence-corrected chi connectivity index (χ2v) is 6.28. The van der Waals surface area contributed by atoms with E-state index in [-0.39, 0.29) is 17.4 Å². The number of hydrogen-bond donors (Lipinski definition) is 3. The first kappa shape index (κ1) is 21.0. The smallest absolute Gasteiger partial charge is 0.330 e. The van der Waals surface area contributed by atoms with Crippen LogP contribution < -0.4 is 20.5 Å². The summed E-state index contributed by atoms with van der Waals surface area (Å²) >= 11 is 0. The van der Waals surface area contributed by atoms with Gasteiger partial charge in [-0.25, -0.2) is 9.18 Å². The highest BCUT2D eigenvalue weighted by Crippen LogP contribution is 2.33. The average molecular weight is 390 g/mol. The third-order valence-corrected chi connectivity index (χ3v) is 3.75. The van der Waals surface area contributed by atoms with Crippen LogP contribution in [0, 0.1) is 5.82 Å². The van der Waals surface area contributed by atoms with Crippen LogP contribution in [0.1, 0.15) is 42.7 Å². The van der Waals surface area contributed by atoms with Crippen molar-refractivity contribution in [2.24, 2.45) is 5.73 Å². The Bertz CT molecular complexity index is 870. The number of carbonyl (C=O) groups excluding carboxylic acids is 1. The van der Waals surface area contributed by atoms with Gasteiger partial charge in [-0.05, 0) is 56.7 Å². The van der Waals surface area contributed by atoms with Crippen LogP contribution in [0.2, 0.25) is 0 Å². The van der Waals surface area contributed by atoms with Crippen molar-refractivity contribution in [3.8, 4) is 11.5 Å². The SMILES string of the molecule is CCOc1cc(C(Nc2ccc(F)c(C(N)=O)c2)C(=O)O)ccc1OC(C)C. The number of benzene rings is 2. The van der Waals surface area contributed by atoms with E-state index >= 15 is 0 Å². The second kappa shape index (κ2) is 9.07. The minimum absolute atomic E-state index is 0.0788. The molecule has 0 bridgehead atoms. The molecular formula is C20H23FN2O5. The molecule has 1 amide bonds. The molecule has 0 aromatic heterocycles. The van der Waals surface area contributed by atoms with Crippen LogP contribution in [0.4, 0.5) is 10.1 Å². The minimum Gasteiger partial charge on any atom is -0.490 e. The Labute approximate surface area is 162 Å². The number of halogens is 1. The first-order valence-electron chi connectivity index (χ1n) is 8.75. The summed E-state index contributed by atoms with van der Waals surface area (Å²) in [6.45, 7) is 5.93. The maximum Gasteiger partial charge on any atom is 0.330 e. The van der Waals surface area contributed by atoms with Gasteiger partial charge in [0.25, 0.3) is 5.91 Å². The zero-order valence-corrected chi connectivity index (χ0v) is 15.9. The summed E-state index contributed by atoms with van der Waals surface area (Å²) in [5, 5.41) is 12.4. The summed E-state index contributed by atoms with van der Waals surface area (Å²) in [7, 11) is 0. The summed E-state index contributed by atoms with van der Waals surface area (Å²) < 4.78 is 24.9. The lowest BCUT2D eigenvalue weighted by Gasteiger charge is -2.20. The lowest BCUT2D eigenvalue weighted by molar-refractivity contribution is -0.138. The van der Waals surface area contributed by atoms with Gasteiger partial charge in [-0.2, -0.15) is 0 Å². The van der Waals surface area contributed by atoms with E-state index in [2.05, 4.69) is 5.32 Å². The van der Waals surface area contributed by atoms with Crippen molar-refractivity contribution in [2.45, 2.75) is 32.9 Å². The van der Waals surface area contributed by atoms with Gasteiger partial charge in [0.15, 0.2) is 17.5 Å². The molecule has 28 heavy (non-hydrogen) atoms. The molecule has 7 nitrogen and oxygen atoms in total. The van der Waals surface area contributed by atoms with Gasteiger partial charge in [-0.15, -0.1) is 0 Å². The van der Waals surface area contributed by atoms with Crippen LogP contribution in [0.5, 0.6) is 11.5 Å². The summed E-state index contributed by atoms with van der Waals surface area (Å²) in [6.07, 6.45) is -0.0788. The first-order valence-corrected chi connectivity index (χ1v) is 8.75. The molecule has 0 heterocycles. The zero-order chi connectivity index (χ0) is 20.8. The molecule has 0 saturated heterocycles. The van der Waals surface area contributed by atoms with Gasteiger partial charge in [0, 0.05) is 5.69 Å². The molecule has 0 radical (unpaired) electrons. The molecule has 1 atom stereocenters. The molecule has 4 N–H and O–H groups in total. The second-order valence-electron chi connectivity index (χ2n) is 6.28. The molecule has 2 rings (SSSR count). The van der Waals surface area contributed by atoms with E-state index in [9.17, 15) is 19.1 Å². The molecule has 1 unspecified atom stereocenters. The largest absolute Gasteiger partial charge is 0.490 e. The number of amides is 1. The Balaban J connectivity index is 2.38. The van der Waals surface area contributed by atoms with Gasteiger partial charge in [0.2, 0.25) is 0 Å². The number of aliphatic carboxylic acids is 1. The number of carboxylic acid groups (broad SMARTS) is 1. The topological polar surface area (TPSA) is 111 Å². The number of hydrogen-bond acceptors (Lipinski definition) is 5. The maximum absolute atomic E-state index is 13.7. The van der Waals surface area contributed by atoms with Gasteiger partial charge in [-0.1, -0.05) is 6.07 Å². The van der Waals surface area contributed by atoms with Gasteiger partial charge in [-0.3, -0.25) is 4.79 Å². The number of nitrogens with one attached hydrogen (secondary N) is 1. The van der Waals surface area contributed by atoms with Crippen molar-refractivity contribution < 1.29 is 28.6 Å². The molecule has 0 aliphatic heterocycles. The zero-order valence-electron chi connectivity index (χ0n) is 15.9. The van der Waals surface area contributed by atoms with Crippen molar-refractivity contribution >= 4 is 17.6 Å². The average Bonchev–Trinajstić information content (AvgIpc) is 2.62. The van der Waals surface area contributed by atoms with Crippen molar-refractivity contribution in [3.63, 3.8) is 0 Å². The van der Waals surface area contributed by atoms with E-state index in [1.54, 1.807) is 18.2 Å². The number of primary amides is 1. The van der Waals surface area contributed by atoms with Crippen molar-refractivity contribution in [1.82, 2.24) is 0 Å². The van der Waals surface area contributed by atoms with Crippen LogP contribution in [0.15, 0.2) is 36.4 Å². The Morgan fingerprint density at radius 2 is 1.89 bits per heavy atom.